The van der Waals surface area contributed by atoms with Gasteiger partial charge in [-0.05, 0) is 16.9 Å². The van der Waals surface area contributed by atoms with Crippen LogP contribution in [0.15, 0.2) is 0 Å². The van der Waals surface area contributed by atoms with Gasteiger partial charge in [0, 0.05) is 0 Å². The maximum absolute atomic E-state index is 8.43. The van der Waals surface area contributed by atoms with E-state index in [2.05, 4.69) is 57.2 Å². The molecule has 0 saturated heterocycles. The smallest absolute Gasteiger partial charge is 0.139 e. The van der Waals surface area contributed by atoms with Gasteiger partial charge in [-0.15, -0.1) is 5.54 Å². The van der Waals surface area contributed by atoms with Crippen LogP contribution in [0.1, 0.15) is 20.8 Å². The minimum Gasteiger partial charge on any atom is -0.384 e. The van der Waals surface area contributed by atoms with Crippen molar-refractivity contribution in [3.63, 3.8) is 0 Å². The first-order valence-corrected chi connectivity index (χ1v) is 7.42. The number of hydrogen-bond donors (Lipinski definition) is 1. The average molecular weight is 194 g/mol. The van der Waals surface area contributed by atoms with E-state index in [4.69, 9.17) is 5.11 Å². The fourth-order valence-corrected chi connectivity index (χ4v) is 1.21. The molecule has 13 heavy (non-hydrogen) atoms. The highest BCUT2D eigenvalue weighted by molar-refractivity contribution is 6.87. The third-order valence-corrected chi connectivity index (χ3v) is 6.98. The highest BCUT2D eigenvalue weighted by Gasteiger charge is 2.33. The van der Waals surface area contributed by atoms with E-state index in [0.29, 0.717) is 0 Å². The van der Waals surface area contributed by atoms with Crippen LogP contribution >= 0.6 is 0 Å². The Balaban J connectivity index is 4.57. The predicted octanol–water partition coefficient (Wildman–Crippen LogP) is 2.03. The Kier molecular flexibility index (Phi) is 4.27. The van der Waals surface area contributed by atoms with Crippen molar-refractivity contribution in [2.45, 2.75) is 38.9 Å². The van der Waals surface area contributed by atoms with Gasteiger partial charge in [-0.3, -0.25) is 0 Å². The number of aliphatic hydroxyl groups is 1. The molecule has 0 aromatic carbocycles. The molecule has 0 saturated carbocycles. The summed E-state index contributed by atoms with van der Waals surface area (Å²) in [5, 5.41) is 8.70. The van der Waals surface area contributed by atoms with E-state index in [9.17, 15) is 0 Å². The van der Waals surface area contributed by atoms with Crippen molar-refractivity contribution in [1.82, 2.24) is 0 Å². The van der Waals surface area contributed by atoms with Gasteiger partial charge in [0.05, 0.1) is 0 Å². The lowest BCUT2D eigenvalue weighted by Crippen LogP contribution is -2.35. The Morgan fingerprint density at radius 2 is 1.69 bits per heavy atom. The van der Waals surface area contributed by atoms with E-state index in [1.54, 1.807) is 0 Å². The molecule has 0 aromatic rings. The molecule has 0 aromatic heterocycles. The van der Waals surface area contributed by atoms with Crippen molar-refractivity contribution in [2.75, 3.05) is 6.61 Å². The second-order valence-corrected chi connectivity index (χ2v) is 9.58. The standard InChI is InChI=1S/C11H18OSi/c1-11(2,3)13(4,5)10-8-6-7-9-12/h12H,9H2,1-5H3. The number of hydrogen-bond acceptors (Lipinski definition) is 1. The molecule has 72 valence electrons. The number of aliphatic hydroxyl groups excluding tert-OH is 1. The van der Waals surface area contributed by atoms with Gasteiger partial charge in [-0.25, -0.2) is 0 Å². The van der Waals surface area contributed by atoms with Gasteiger partial charge in [-0.2, -0.15) is 0 Å². The third-order valence-electron chi connectivity index (χ3n) is 2.48. The molecule has 0 bridgehead atoms. The van der Waals surface area contributed by atoms with Gasteiger partial charge in [-0.1, -0.05) is 39.8 Å². The van der Waals surface area contributed by atoms with E-state index >= 15 is 0 Å². The van der Waals surface area contributed by atoms with E-state index in [1.165, 1.54) is 0 Å². The molecule has 0 rings (SSSR count). The van der Waals surface area contributed by atoms with Gasteiger partial charge in [0.25, 0.3) is 0 Å². The van der Waals surface area contributed by atoms with Gasteiger partial charge >= 0.3 is 0 Å². The monoisotopic (exact) mass is 194 g/mol. The maximum atomic E-state index is 8.43. The van der Waals surface area contributed by atoms with Crippen molar-refractivity contribution < 1.29 is 5.11 Å². The second-order valence-electron chi connectivity index (χ2n) is 4.58. The summed E-state index contributed by atoms with van der Waals surface area (Å²) in [6.45, 7) is 11.0. The van der Waals surface area contributed by atoms with Gasteiger partial charge in [0.15, 0.2) is 0 Å². The largest absolute Gasteiger partial charge is 0.384 e. The van der Waals surface area contributed by atoms with Crippen LogP contribution in [-0.4, -0.2) is 19.8 Å². The van der Waals surface area contributed by atoms with Crippen molar-refractivity contribution >= 4 is 8.07 Å². The van der Waals surface area contributed by atoms with Crippen LogP contribution in [0.4, 0.5) is 0 Å². The minimum atomic E-state index is -1.50. The Hall–Kier alpha value is -0.703. The topological polar surface area (TPSA) is 20.2 Å². The van der Waals surface area contributed by atoms with Crippen LogP contribution in [0, 0.1) is 23.3 Å². The summed E-state index contributed by atoms with van der Waals surface area (Å²) in [4.78, 5) is 0. The van der Waals surface area contributed by atoms with Crippen molar-refractivity contribution in [2.24, 2.45) is 0 Å². The van der Waals surface area contributed by atoms with E-state index in [-0.39, 0.29) is 11.6 Å². The molecule has 0 heterocycles. The van der Waals surface area contributed by atoms with Crippen LogP contribution in [0.5, 0.6) is 0 Å². The van der Waals surface area contributed by atoms with Crippen LogP contribution in [0.2, 0.25) is 18.1 Å². The lowest BCUT2D eigenvalue weighted by Gasteiger charge is -2.31. The minimum absolute atomic E-state index is 0.105. The molecule has 2 heteroatoms. The summed E-state index contributed by atoms with van der Waals surface area (Å²) < 4.78 is 0. The highest BCUT2D eigenvalue weighted by atomic mass is 28.3. The zero-order valence-electron chi connectivity index (χ0n) is 9.15. The summed E-state index contributed by atoms with van der Waals surface area (Å²) >= 11 is 0. The summed E-state index contributed by atoms with van der Waals surface area (Å²) in [6.07, 6.45) is 0. The average Bonchev–Trinajstić information content (AvgIpc) is 1.96. The molecule has 0 spiro atoms. The quantitative estimate of drug-likeness (QED) is 0.462. The van der Waals surface area contributed by atoms with Crippen LogP contribution in [0.3, 0.4) is 0 Å². The van der Waals surface area contributed by atoms with Crippen molar-refractivity contribution in [3.8, 4) is 23.3 Å². The first-order valence-electron chi connectivity index (χ1n) is 4.42. The highest BCUT2D eigenvalue weighted by Crippen LogP contribution is 2.34. The normalized spacial score (nSPS) is 10.9. The van der Waals surface area contributed by atoms with E-state index in [0.717, 1.165) is 0 Å². The summed E-state index contributed by atoms with van der Waals surface area (Å²) in [7, 11) is -1.50. The lowest BCUT2D eigenvalue weighted by atomic mass is 10.2. The molecule has 0 aliphatic rings. The second kappa shape index (κ2) is 4.51. The van der Waals surface area contributed by atoms with Gasteiger partial charge in [0.2, 0.25) is 0 Å². The molecule has 0 unspecified atom stereocenters. The lowest BCUT2D eigenvalue weighted by molar-refractivity contribution is 0.350. The fourth-order valence-electron chi connectivity index (χ4n) is 0.459. The summed E-state index contributed by atoms with van der Waals surface area (Å²) in [5.41, 5.74) is 3.24. The molecule has 1 N–H and O–H groups in total. The molecular formula is C11H18OSi. The zero-order valence-corrected chi connectivity index (χ0v) is 10.2. The SMILES string of the molecule is CC(C)(C)[Si](C)(C)C#CC#CCO. The predicted molar refractivity (Wildman–Crippen MR) is 59.8 cm³/mol. The first kappa shape index (κ1) is 12.3. The molecule has 1 nitrogen and oxygen atoms in total. The molecule has 0 amide bonds. The molecule has 0 aliphatic carbocycles. The molecule has 0 fully saturated rings. The summed E-state index contributed by atoms with van der Waals surface area (Å²) in [5.74, 6) is 7.99. The molecule has 0 atom stereocenters. The molecule has 0 aliphatic heterocycles. The Labute approximate surface area is 82.6 Å². The van der Waals surface area contributed by atoms with Gasteiger partial charge < -0.3 is 5.11 Å². The Bertz CT molecular complexity index is 275. The summed E-state index contributed by atoms with van der Waals surface area (Å²) in [6, 6.07) is 0. The van der Waals surface area contributed by atoms with Crippen LogP contribution in [0.25, 0.3) is 0 Å². The van der Waals surface area contributed by atoms with E-state index < -0.39 is 8.07 Å². The molecule has 0 radical (unpaired) electrons. The maximum Gasteiger partial charge on any atom is 0.139 e. The molecular weight excluding hydrogens is 176 g/mol. The number of rotatable bonds is 0. The van der Waals surface area contributed by atoms with Crippen LogP contribution in [-0.2, 0) is 0 Å². The van der Waals surface area contributed by atoms with Crippen molar-refractivity contribution in [3.05, 3.63) is 0 Å². The fraction of sp³-hybridized carbons (Fsp3) is 0.636. The first-order chi connectivity index (χ1) is 5.81. The van der Waals surface area contributed by atoms with Crippen molar-refractivity contribution in [1.29, 1.82) is 0 Å². The zero-order chi connectivity index (χ0) is 10.5. The van der Waals surface area contributed by atoms with Crippen LogP contribution < -0.4 is 0 Å². The van der Waals surface area contributed by atoms with Gasteiger partial charge in [0.1, 0.15) is 14.7 Å². The Morgan fingerprint density at radius 3 is 2.08 bits per heavy atom. The van der Waals surface area contributed by atoms with E-state index in [1.807, 2.05) is 0 Å². The Morgan fingerprint density at radius 1 is 1.15 bits per heavy atom. The third kappa shape index (κ3) is 4.17.